The maximum Gasteiger partial charge on any atom is 0.221 e. The molecule has 1 aliphatic heterocycles. The van der Waals surface area contributed by atoms with Crippen LogP contribution in [0.15, 0.2) is 24.4 Å². The second-order valence-corrected chi connectivity index (χ2v) is 4.69. The lowest BCUT2D eigenvalue weighted by Gasteiger charge is -2.10. The van der Waals surface area contributed by atoms with Gasteiger partial charge < -0.3 is 15.4 Å². The Labute approximate surface area is 113 Å². The summed E-state index contributed by atoms with van der Waals surface area (Å²) in [5.74, 6) is 0.0732. The van der Waals surface area contributed by atoms with Crippen LogP contribution in [0.25, 0.3) is 0 Å². The Balaban J connectivity index is 1.51. The van der Waals surface area contributed by atoms with Crippen LogP contribution in [-0.4, -0.2) is 36.7 Å². The van der Waals surface area contributed by atoms with Crippen LogP contribution in [0.1, 0.15) is 25.0 Å². The van der Waals surface area contributed by atoms with Crippen LogP contribution >= 0.6 is 0 Å². The monoisotopic (exact) mass is 263 g/mol. The predicted octanol–water partition coefficient (Wildman–Crippen LogP) is 0.856. The van der Waals surface area contributed by atoms with Gasteiger partial charge in [-0.2, -0.15) is 0 Å². The number of nitrogens with one attached hydrogen (secondary N) is 2. The molecule has 19 heavy (non-hydrogen) atoms. The summed E-state index contributed by atoms with van der Waals surface area (Å²) in [4.78, 5) is 15.8. The molecule has 2 rings (SSSR count). The van der Waals surface area contributed by atoms with Crippen molar-refractivity contribution in [2.45, 2.75) is 31.9 Å². The minimum atomic E-state index is 0.0732. The number of carbonyl (C=O) groups excluding carboxylic acids is 1. The van der Waals surface area contributed by atoms with Crippen molar-refractivity contribution in [1.82, 2.24) is 15.6 Å². The maximum absolute atomic E-state index is 11.6. The summed E-state index contributed by atoms with van der Waals surface area (Å²) >= 11 is 0. The number of aromatic nitrogens is 1. The fraction of sp³-hybridized carbons (Fsp3) is 0.571. The first kappa shape index (κ1) is 14.0. The molecule has 1 fully saturated rings. The van der Waals surface area contributed by atoms with Crippen molar-refractivity contribution in [2.75, 3.05) is 19.7 Å². The summed E-state index contributed by atoms with van der Waals surface area (Å²) in [5.41, 5.74) is 0.988. The van der Waals surface area contributed by atoms with Gasteiger partial charge in [-0.05, 0) is 25.0 Å². The molecular weight excluding hydrogens is 242 g/mol. The molecule has 2 N–H and O–H groups in total. The highest BCUT2D eigenvalue weighted by atomic mass is 16.5. The van der Waals surface area contributed by atoms with Gasteiger partial charge in [0.2, 0.25) is 5.91 Å². The van der Waals surface area contributed by atoms with E-state index in [2.05, 4.69) is 15.6 Å². The molecule has 2 heterocycles. The number of nitrogens with zero attached hydrogens (tertiary/aromatic N) is 1. The number of ether oxygens (including phenoxy) is 1. The number of carbonyl (C=O) groups is 1. The van der Waals surface area contributed by atoms with E-state index in [1.54, 1.807) is 6.20 Å². The molecule has 1 aromatic heterocycles. The van der Waals surface area contributed by atoms with E-state index < -0.39 is 0 Å². The predicted molar refractivity (Wildman–Crippen MR) is 72.5 cm³/mol. The molecule has 0 spiro atoms. The van der Waals surface area contributed by atoms with Crippen LogP contribution < -0.4 is 10.6 Å². The standard InChI is InChI=1S/C14H21N3O2/c18-14(17-11-13-5-3-9-19-13)6-8-15-10-12-4-1-2-7-16-12/h1-2,4,7,13,15H,3,5-6,8-11H2,(H,17,18). The van der Waals surface area contributed by atoms with E-state index in [0.29, 0.717) is 26.1 Å². The van der Waals surface area contributed by atoms with Crippen molar-refractivity contribution in [3.05, 3.63) is 30.1 Å². The molecule has 0 aromatic carbocycles. The zero-order chi connectivity index (χ0) is 13.3. The van der Waals surface area contributed by atoms with Gasteiger partial charge in [0.25, 0.3) is 0 Å². The van der Waals surface area contributed by atoms with E-state index >= 15 is 0 Å². The molecular formula is C14H21N3O2. The SMILES string of the molecule is O=C(CCNCc1ccccn1)NCC1CCCO1. The highest BCUT2D eigenvalue weighted by Gasteiger charge is 2.15. The second-order valence-electron chi connectivity index (χ2n) is 4.69. The smallest absolute Gasteiger partial charge is 0.221 e. The van der Waals surface area contributed by atoms with Gasteiger partial charge in [0, 0.05) is 38.9 Å². The van der Waals surface area contributed by atoms with Crippen molar-refractivity contribution < 1.29 is 9.53 Å². The van der Waals surface area contributed by atoms with E-state index in [9.17, 15) is 4.79 Å². The molecule has 0 aliphatic carbocycles. The molecule has 104 valence electrons. The summed E-state index contributed by atoms with van der Waals surface area (Å²) in [6.45, 7) is 2.82. The third-order valence-corrected chi connectivity index (χ3v) is 3.11. The molecule has 5 nitrogen and oxygen atoms in total. The minimum absolute atomic E-state index is 0.0732. The van der Waals surface area contributed by atoms with Crippen molar-refractivity contribution >= 4 is 5.91 Å². The summed E-state index contributed by atoms with van der Waals surface area (Å²) in [5, 5.41) is 6.11. The Hall–Kier alpha value is -1.46. The lowest BCUT2D eigenvalue weighted by molar-refractivity contribution is -0.121. The first-order chi connectivity index (χ1) is 9.34. The number of hydrogen-bond acceptors (Lipinski definition) is 4. The summed E-state index contributed by atoms with van der Waals surface area (Å²) in [6.07, 6.45) is 4.63. The Bertz CT molecular complexity index is 378. The van der Waals surface area contributed by atoms with Crippen molar-refractivity contribution in [3.8, 4) is 0 Å². The maximum atomic E-state index is 11.6. The average molecular weight is 263 g/mol. The summed E-state index contributed by atoms with van der Waals surface area (Å²) < 4.78 is 5.45. The number of amides is 1. The Morgan fingerprint density at radius 1 is 1.47 bits per heavy atom. The van der Waals surface area contributed by atoms with E-state index in [1.807, 2.05) is 18.2 Å². The van der Waals surface area contributed by atoms with Crippen molar-refractivity contribution in [1.29, 1.82) is 0 Å². The third kappa shape index (κ3) is 5.36. The lowest BCUT2D eigenvalue weighted by Crippen LogP contribution is -2.33. The molecule has 1 aromatic rings. The zero-order valence-electron chi connectivity index (χ0n) is 11.1. The number of rotatable bonds is 7. The summed E-state index contributed by atoms with van der Waals surface area (Å²) in [6, 6.07) is 5.81. The first-order valence-electron chi connectivity index (χ1n) is 6.83. The van der Waals surface area contributed by atoms with Crippen LogP contribution in [0.3, 0.4) is 0 Å². The van der Waals surface area contributed by atoms with Crippen molar-refractivity contribution in [2.24, 2.45) is 0 Å². The largest absolute Gasteiger partial charge is 0.376 e. The molecule has 0 radical (unpaired) electrons. The topological polar surface area (TPSA) is 63.2 Å². The summed E-state index contributed by atoms with van der Waals surface area (Å²) in [7, 11) is 0. The molecule has 1 atom stereocenters. The van der Waals surface area contributed by atoms with Gasteiger partial charge in [0.15, 0.2) is 0 Å². The lowest BCUT2D eigenvalue weighted by atomic mass is 10.2. The van der Waals surface area contributed by atoms with Gasteiger partial charge in [-0.25, -0.2) is 0 Å². The first-order valence-corrected chi connectivity index (χ1v) is 6.83. The van der Waals surface area contributed by atoms with Crippen LogP contribution in [-0.2, 0) is 16.1 Å². The Morgan fingerprint density at radius 3 is 3.16 bits per heavy atom. The molecule has 1 saturated heterocycles. The van der Waals surface area contributed by atoms with E-state index in [-0.39, 0.29) is 12.0 Å². The van der Waals surface area contributed by atoms with E-state index in [1.165, 1.54) is 0 Å². The van der Waals surface area contributed by atoms with Gasteiger partial charge in [0.05, 0.1) is 11.8 Å². The van der Waals surface area contributed by atoms with Crippen LogP contribution in [0.5, 0.6) is 0 Å². The van der Waals surface area contributed by atoms with E-state index in [4.69, 9.17) is 4.74 Å². The third-order valence-electron chi connectivity index (χ3n) is 3.11. The van der Waals surface area contributed by atoms with Gasteiger partial charge in [-0.15, -0.1) is 0 Å². The highest BCUT2D eigenvalue weighted by Crippen LogP contribution is 2.10. The number of hydrogen-bond donors (Lipinski definition) is 2. The normalized spacial score (nSPS) is 18.4. The van der Waals surface area contributed by atoms with E-state index in [0.717, 1.165) is 25.1 Å². The van der Waals surface area contributed by atoms with Crippen LogP contribution in [0, 0.1) is 0 Å². The fourth-order valence-corrected chi connectivity index (χ4v) is 2.04. The molecule has 0 bridgehead atoms. The fourth-order valence-electron chi connectivity index (χ4n) is 2.04. The second kappa shape index (κ2) is 7.86. The molecule has 1 unspecified atom stereocenters. The highest BCUT2D eigenvalue weighted by molar-refractivity contribution is 5.76. The van der Waals surface area contributed by atoms with Crippen LogP contribution in [0.2, 0.25) is 0 Å². The van der Waals surface area contributed by atoms with Gasteiger partial charge in [-0.3, -0.25) is 9.78 Å². The zero-order valence-corrected chi connectivity index (χ0v) is 11.1. The molecule has 0 saturated carbocycles. The molecule has 1 aliphatic rings. The van der Waals surface area contributed by atoms with Gasteiger partial charge in [-0.1, -0.05) is 6.07 Å². The molecule has 1 amide bonds. The van der Waals surface area contributed by atoms with Crippen LogP contribution in [0.4, 0.5) is 0 Å². The quantitative estimate of drug-likeness (QED) is 0.716. The van der Waals surface area contributed by atoms with Crippen molar-refractivity contribution in [3.63, 3.8) is 0 Å². The van der Waals surface area contributed by atoms with Gasteiger partial charge >= 0.3 is 0 Å². The Kier molecular flexibility index (Phi) is 5.78. The Morgan fingerprint density at radius 2 is 2.42 bits per heavy atom. The minimum Gasteiger partial charge on any atom is -0.376 e. The number of pyridine rings is 1. The average Bonchev–Trinajstić information content (AvgIpc) is 2.96. The van der Waals surface area contributed by atoms with Gasteiger partial charge in [0.1, 0.15) is 0 Å². The molecule has 5 heteroatoms.